The van der Waals surface area contributed by atoms with Gasteiger partial charge in [0.2, 0.25) is 0 Å². The third-order valence-electron chi connectivity index (χ3n) is 6.24. The standard InChI is InChI=1S/C34H56O4/c1-3-5-7-9-11-13-14-15-16-17-18-19-20-22-24-26-28-30-34(37)38-32(31-33(35)36)29-27-25-23-21-12-10-8-6-4-2/h5,7,11,13,15-16,18-19,22,24,32H,3-4,6,8-10,12,14,17,20-21,23,25-31H2,1-2H3,(H,35,36)/b7-5-,13-11-,16-15-,19-18-,24-22-. The number of hydrogen-bond donors (Lipinski definition) is 1. The average Bonchev–Trinajstić information content (AvgIpc) is 2.89. The van der Waals surface area contributed by atoms with E-state index in [4.69, 9.17) is 9.84 Å². The number of esters is 1. The van der Waals surface area contributed by atoms with Crippen LogP contribution in [0.1, 0.15) is 136 Å². The fourth-order valence-electron chi connectivity index (χ4n) is 4.06. The minimum Gasteiger partial charge on any atom is -0.481 e. The van der Waals surface area contributed by atoms with E-state index in [2.05, 4.69) is 74.6 Å². The summed E-state index contributed by atoms with van der Waals surface area (Å²) in [5.74, 6) is -1.18. The zero-order valence-electron chi connectivity index (χ0n) is 24.5. The van der Waals surface area contributed by atoms with Crippen molar-refractivity contribution in [1.29, 1.82) is 0 Å². The summed E-state index contributed by atoms with van der Waals surface area (Å²) in [6.45, 7) is 4.37. The number of carboxylic acids is 1. The Hall–Kier alpha value is -2.36. The lowest BCUT2D eigenvalue weighted by atomic mass is 10.0. The zero-order valence-corrected chi connectivity index (χ0v) is 24.5. The molecule has 1 unspecified atom stereocenters. The van der Waals surface area contributed by atoms with Gasteiger partial charge in [-0.2, -0.15) is 0 Å². The van der Waals surface area contributed by atoms with Crippen molar-refractivity contribution in [3.05, 3.63) is 60.8 Å². The van der Waals surface area contributed by atoms with E-state index in [1.807, 2.05) is 0 Å². The number of hydrogen-bond acceptors (Lipinski definition) is 3. The topological polar surface area (TPSA) is 63.6 Å². The molecule has 0 aliphatic rings. The molecule has 216 valence electrons. The van der Waals surface area contributed by atoms with Crippen LogP contribution in [-0.4, -0.2) is 23.1 Å². The first-order valence-electron chi connectivity index (χ1n) is 15.3. The number of carbonyl (C=O) groups excluding carboxylic acids is 1. The van der Waals surface area contributed by atoms with Crippen LogP contribution in [0.15, 0.2) is 60.8 Å². The maximum absolute atomic E-state index is 12.2. The van der Waals surface area contributed by atoms with Crippen molar-refractivity contribution in [1.82, 2.24) is 0 Å². The molecule has 0 spiro atoms. The Bertz CT molecular complexity index is 699. The van der Waals surface area contributed by atoms with E-state index in [1.165, 1.54) is 44.9 Å². The van der Waals surface area contributed by atoms with E-state index in [0.717, 1.165) is 57.8 Å². The second-order valence-corrected chi connectivity index (χ2v) is 9.93. The molecule has 1 atom stereocenters. The molecule has 4 heteroatoms. The van der Waals surface area contributed by atoms with E-state index < -0.39 is 12.1 Å². The van der Waals surface area contributed by atoms with Gasteiger partial charge < -0.3 is 9.84 Å². The minimum atomic E-state index is -0.905. The maximum Gasteiger partial charge on any atom is 0.307 e. The summed E-state index contributed by atoms with van der Waals surface area (Å²) in [5.41, 5.74) is 0. The first-order chi connectivity index (χ1) is 18.6. The molecule has 0 aromatic rings. The molecule has 0 aliphatic heterocycles. The van der Waals surface area contributed by atoms with Crippen LogP contribution in [0.5, 0.6) is 0 Å². The van der Waals surface area contributed by atoms with Gasteiger partial charge in [0.25, 0.3) is 0 Å². The van der Waals surface area contributed by atoms with Gasteiger partial charge in [0.15, 0.2) is 0 Å². The summed E-state index contributed by atoms with van der Waals surface area (Å²) in [6.07, 6.45) is 39.5. The molecule has 0 fully saturated rings. The Morgan fingerprint density at radius 1 is 0.632 bits per heavy atom. The lowest BCUT2D eigenvalue weighted by Gasteiger charge is -2.16. The molecular weight excluding hydrogens is 472 g/mol. The van der Waals surface area contributed by atoms with Gasteiger partial charge in [-0.25, -0.2) is 0 Å². The third kappa shape index (κ3) is 28.2. The molecule has 0 aromatic carbocycles. The molecule has 38 heavy (non-hydrogen) atoms. The molecule has 0 amide bonds. The van der Waals surface area contributed by atoms with Crippen molar-refractivity contribution in [2.75, 3.05) is 0 Å². The summed E-state index contributed by atoms with van der Waals surface area (Å²) in [4.78, 5) is 23.4. The second kappa shape index (κ2) is 29.2. The van der Waals surface area contributed by atoms with Gasteiger partial charge in [0, 0.05) is 6.42 Å². The quantitative estimate of drug-likeness (QED) is 0.0689. The van der Waals surface area contributed by atoms with E-state index in [9.17, 15) is 9.59 Å². The number of rotatable bonds is 26. The fourth-order valence-corrected chi connectivity index (χ4v) is 4.06. The fraction of sp³-hybridized carbons (Fsp3) is 0.647. The number of unbranched alkanes of at least 4 members (excludes halogenated alkanes) is 9. The lowest BCUT2D eigenvalue weighted by molar-refractivity contribution is -0.153. The van der Waals surface area contributed by atoms with Crippen LogP contribution in [0.4, 0.5) is 0 Å². The van der Waals surface area contributed by atoms with Crippen LogP contribution in [-0.2, 0) is 14.3 Å². The normalized spacial score (nSPS) is 13.1. The maximum atomic E-state index is 12.2. The SMILES string of the molecule is CC/C=C\C/C=C\C/C=C\C/C=C\C/C=C\CCCC(=O)OC(CCCCCCCCCCC)CC(=O)O. The molecule has 0 aliphatic carbocycles. The van der Waals surface area contributed by atoms with E-state index in [1.54, 1.807) is 0 Å². The van der Waals surface area contributed by atoms with Crippen molar-refractivity contribution in [3.8, 4) is 0 Å². The van der Waals surface area contributed by atoms with Gasteiger partial charge in [-0.1, -0.05) is 126 Å². The third-order valence-corrected chi connectivity index (χ3v) is 6.24. The van der Waals surface area contributed by atoms with E-state index in [-0.39, 0.29) is 12.4 Å². The molecule has 4 nitrogen and oxygen atoms in total. The summed E-state index contributed by atoms with van der Waals surface area (Å²) in [5, 5.41) is 9.16. The highest BCUT2D eigenvalue weighted by atomic mass is 16.5. The number of carbonyl (C=O) groups is 2. The molecule has 0 bridgehead atoms. The van der Waals surface area contributed by atoms with Crippen molar-refractivity contribution >= 4 is 11.9 Å². The van der Waals surface area contributed by atoms with Crippen molar-refractivity contribution in [3.63, 3.8) is 0 Å². The molecule has 0 heterocycles. The molecule has 0 saturated carbocycles. The first kappa shape index (κ1) is 35.6. The Labute approximate surface area is 234 Å². The highest BCUT2D eigenvalue weighted by Crippen LogP contribution is 2.15. The number of carboxylic acid groups (broad SMARTS) is 1. The van der Waals surface area contributed by atoms with Crippen molar-refractivity contribution in [2.45, 2.75) is 142 Å². The lowest BCUT2D eigenvalue weighted by Crippen LogP contribution is -2.21. The van der Waals surface area contributed by atoms with Gasteiger partial charge in [-0.3, -0.25) is 9.59 Å². The Kier molecular flexibility index (Phi) is 27.4. The van der Waals surface area contributed by atoms with Crippen LogP contribution < -0.4 is 0 Å². The van der Waals surface area contributed by atoms with Gasteiger partial charge in [-0.05, 0) is 57.8 Å². The van der Waals surface area contributed by atoms with Crippen LogP contribution in [0.25, 0.3) is 0 Å². The highest BCUT2D eigenvalue weighted by Gasteiger charge is 2.17. The van der Waals surface area contributed by atoms with Gasteiger partial charge >= 0.3 is 11.9 Å². The zero-order chi connectivity index (χ0) is 27.9. The predicted molar refractivity (Wildman–Crippen MR) is 162 cm³/mol. The van der Waals surface area contributed by atoms with Crippen LogP contribution >= 0.6 is 0 Å². The number of aliphatic carboxylic acids is 1. The Morgan fingerprint density at radius 3 is 1.61 bits per heavy atom. The molecule has 1 N–H and O–H groups in total. The molecular formula is C34H56O4. The average molecular weight is 529 g/mol. The molecule has 0 aromatic heterocycles. The van der Waals surface area contributed by atoms with E-state index in [0.29, 0.717) is 12.8 Å². The summed E-state index contributed by atoms with van der Waals surface area (Å²) >= 11 is 0. The van der Waals surface area contributed by atoms with Gasteiger partial charge in [-0.15, -0.1) is 0 Å². The van der Waals surface area contributed by atoms with Crippen LogP contribution in [0, 0.1) is 0 Å². The van der Waals surface area contributed by atoms with Crippen LogP contribution in [0.3, 0.4) is 0 Å². The Morgan fingerprint density at radius 2 is 1.11 bits per heavy atom. The monoisotopic (exact) mass is 528 g/mol. The largest absolute Gasteiger partial charge is 0.481 e. The van der Waals surface area contributed by atoms with Gasteiger partial charge in [0.05, 0.1) is 6.42 Å². The molecule has 0 radical (unpaired) electrons. The predicted octanol–water partition coefficient (Wildman–Crippen LogP) is 10.2. The summed E-state index contributed by atoms with van der Waals surface area (Å²) in [7, 11) is 0. The summed E-state index contributed by atoms with van der Waals surface area (Å²) < 4.78 is 5.49. The molecule has 0 saturated heterocycles. The van der Waals surface area contributed by atoms with Crippen molar-refractivity contribution in [2.24, 2.45) is 0 Å². The highest BCUT2D eigenvalue weighted by molar-refractivity contribution is 5.71. The minimum absolute atomic E-state index is 0.0997. The first-order valence-corrected chi connectivity index (χ1v) is 15.3. The molecule has 0 rings (SSSR count). The van der Waals surface area contributed by atoms with E-state index >= 15 is 0 Å². The smallest absolute Gasteiger partial charge is 0.307 e. The van der Waals surface area contributed by atoms with Crippen LogP contribution in [0.2, 0.25) is 0 Å². The van der Waals surface area contributed by atoms with Crippen molar-refractivity contribution < 1.29 is 19.4 Å². The second-order valence-electron chi connectivity index (χ2n) is 9.93. The Balaban J connectivity index is 3.87. The summed E-state index contributed by atoms with van der Waals surface area (Å²) in [6, 6.07) is 0. The number of ether oxygens (including phenoxy) is 1. The van der Waals surface area contributed by atoms with Gasteiger partial charge in [0.1, 0.15) is 6.10 Å². The number of allylic oxidation sites excluding steroid dienone is 10.